The van der Waals surface area contributed by atoms with Gasteiger partial charge in [-0.05, 0) is 55.4 Å². The summed E-state index contributed by atoms with van der Waals surface area (Å²) in [6.07, 6.45) is 1.73. The molecule has 2 aliphatic heterocycles. The predicted octanol–water partition coefficient (Wildman–Crippen LogP) is 5.39. The van der Waals surface area contributed by atoms with Crippen molar-refractivity contribution in [3.63, 3.8) is 0 Å². The number of anilines is 2. The van der Waals surface area contributed by atoms with Crippen molar-refractivity contribution < 1.29 is 28.5 Å². The number of aromatic nitrogens is 3. The van der Waals surface area contributed by atoms with Crippen molar-refractivity contribution in [2.75, 3.05) is 16.8 Å². The highest BCUT2D eigenvalue weighted by atomic mass is 28.4. The molecule has 4 aromatic rings. The number of hydrogen-bond donors (Lipinski definition) is 2. The zero-order valence-electron chi connectivity index (χ0n) is 26.9. The van der Waals surface area contributed by atoms with E-state index in [0.29, 0.717) is 53.1 Å². The van der Waals surface area contributed by atoms with Gasteiger partial charge in [-0.1, -0.05) is 42.5 Å². The molecular formula is C34H37FN6O6Si. The number of fused-ring (bicyclic) bond motifs is 2. The van der Waals surface area contributed by atoms with Crippen LogP contribution < -0.4 is 10.2 Å². The standard InChI is InChI=1S/C34H37FN6O6Si/c1-22-31(48(2,3)35)30(14-16-39-21-26(15-17-42)37-38-39)47-34(22)28-19-27(41(45)46)12-13-29(28)40(33(34)44)20-23-8-7-11-25(18-23)36-32(43)24-9-5-4-6-10-24/h4-13,18-19,21-22,30-31,42H,14-17,20H2,1-3H3,(H,36,43)/t22-,30+,31-,34+/m0/s1. The van der Waals surface area contributed by atoms with Crippen LogP contribution in [0.25, 0.3) is 0 Å². The average Bonchev–Trinajstić information content (AvgIpc) is 3.70. The number of aryl methyl sites for hydroxylation is 1. The fraction of sp³-hybridized carbons (Fsp3) is 0.353. The van der Waals surface area contributed by atoms with Crippen LogP contribution in [0.5, 0.6) is 0 Å². The fourth-order valence-electron chi connectivity index (χ4n) is 7.23. The Morgan fingerprint density at radius 1 is 1.15 bits per heavy atom. The number of halogens is 1. The highest BCUT2D eigenvalue weighted by Crippen LogP contribution is 2.60. The van der Waals surface area contributed by atoms with E-state index in [1.807, 2.05) is 12.1 Å². The van der Waals surface area contributed by atoms with E-state index in [1.54, 1.807) is 84.3 Å². The third kappa shape index (κ3) is 6.13. The minimum atomic E-state index is -3.47. The normalized spacial score (nSPS) is 21.9. The summed E-state index contributed by atoms with van der Waals surface area (Å²) in [7, 11) is -3.47. The number of nitrogens with one attached hydrogen (secondary N) is 1. The maximum Gasteiger partial charge on any atom is 0.269 e. The molecule has 1 spiro atoms. The molecule has 1 fully saturated rings. The van der Waals surface area contributed by atoms with Crippen molar-refractivity contribution in [3.8, 4) is 0 Å². The summed E-state index contributed by atoms with van der Waals surface area (Å²) in [5.41, 5.74) is 0.732. The first-order valence-corrected chi connectivity index (χ1v) is 18.8. The van der Waals surface area contributed by atoms with Crippen molar-refractivity contribution >= 4 is 37.3 Å². The second-order valence-corrected chi connectivity index (χ2v) is 16.7. The van der Waals surface area contributed by atoms with Gasteiger partial charge < -0.3 is 24.2 Å². The van der Waals surface area contributed by atoms with Crippen LogP contribution in [0, 0.1) is 16.0 Å². The highest BCUT2D eigenvalue weighted by molar-refractivity contribution is 6.72. The molecule has 1 saturated heterocycles. The van der Waals surface area contributed by atoms with Crippen LogP contribution in [0.15, 0.2) is 79.0 Å². The summed E-state index contributed by atoms with van der Waals surface area (Å²) in [4.78, 5) is 40.4. The molecule has 12 nitrogen and oxygen atoms in total. The Morgan fingerprint density at radius 3 is 2.62 bits per heavy atom. The van der Waals surface area contributed by atoms with Gasteiger partial charge in [0.05, 0.1) is 29.0 Å². The third-order valence-corrected chi connectivity index (χ3v) is 11.8. The largest absolute Gasteiger partial charge is 0.396 e. The lowest BCUT2D eigenvalue weighted by molar-refractivity contribution is -0.385. The van der Waals surface area contributed by atoms with Gasteiger partial charge in [-0.3, -0.25) is 24.4 Å². The number of non-ortho nitro benzene ring substituents is 1. The van der Waals surface area contributed by atoms with Crippen molar-refractivity contribution in [2.45, 2.75) is 63.2 Å². The maximum absolute atomic E-state index is 16.2. The number of aliphatic hydroxyl groups is 1. The van der Waals surface area contributed by atoms with Crippen LogP contribution in [0.3, 0.4) is 0 Å². The smallest absolute Gasteiger partial charge is 0.269 e. The van der Waals surface area contributed by atoms with Gasteiger partial charge in [0.1, 0.15) is 0 Å². The van der Waals surface area contributed by atoms with Gasteiger partial charge in [-0.25, -0.2) is 0 Å². The van der Waals surface area contributed by atoms with E-state index in [4.69, 9.17) is 4.74 Å². The molecule has 250 valence electrons. The number of aliphatic hydroxyl groups excluding tert-OH is 1. The minimum absolute atomic E-state index is 0.0645. The van der Waals surface area contributed by atoms with Crippen LogP contribution in [0.4, 0.5) is 21.2 Å². The molecular weight excluding hydrogens is 635 g/mol. The average molecular weight is 673 g/mol. The van der Waals surface area contributed by atoms with E-state index in [2.05, 4.69) is 15.6 Å². The summed E-state index contributed by atoms with van der Waals surface area (Å²) in [6, 6.07) is 20.2. The Hall–Kier alpha value is -4.79. The van der Waals surface area contributed by atoms with Crippen molar-refractivity contribution in [2.24, 2.45) is 5.92 Å². The predicted molar refractivity (Wildman–Crippen MR) is 179 cm³/mol. The first-order chi connectivity index (χ1) is 22.9. The summed E-state index contributed by atoms with van der Waals surface area (Å²) in [6.45, 7) is 5.36. The van der Waals surface area contributed by atoms with Gasteiger partial charge in [-0.15, -0.1) is 5.10 Å². The second-order valence-electron chi connectivity index (χ2n) is 12.9. The number of hydrogen-bond acceptors (Lipinski definition) is 8. The molecule has 2 N–H and O–H groups in total. The minimum Gasteiger partial charge on any atom is -0.396 e. The lowest BCUT2D eigenvalue weighted by atomic mass is 9.82. The van der Waals surface area contributed by atoms with Gasteiger partial charge in [0.25, 0.3) is 17.5 Å². The van der Waals surface area contributed by atoms with Crippen LogP contribution in [-0.4, -0.2) is 58.0 Å². The molecule has 3 heterocycles. The van der Waals surface area contributed by atoms with Crippen molar-refractivity contribution in [3.05, 3.63) is 111 Å². The molecule has 4 atom stereocenters. The zero-order chi connectivity index (χ0) is 34.2. The number of ether oxygens (including phenoxy) is 1. The number of amides is 2. The quantitative estimate of drug-likeness (QED) is 0.0932. The molecule has 0 aliphatic carbocycles. The van der Waals surface area contributed by atoms with E-state index in [1.165, 1.54) is 12.1 Å². The van der Waals surface area contributed by atoms with Crippen LogP contribution in [0.2, 0.25) is 18.6 Å². The molecule has 0 radical (unpaired) electrons. The van der Waals surface area contributed by atoms with Crippen LogP contribution in [0.1, 0.15) is 40.5 Å². The molecule has 48 heavy (non-hydrogen) atoms. The number of nitrogens with zero attached hydrogens (tertiary/aromatic N) is 5. The Labute approximate surface area is 277 Å². The van der Waals surface area contributed by atoms with E-state index in [-0.39, 0.29) is 24.7 Å². The molecule has 3 aromatic carbocycles. The Morgan fingerprint density at radius 2 is 1.92 bits per heavy atom. The number of rotatable bonds is 11. The zero-order valence-corrected chi connectivity index (χ0v) is 27.9. The second kappa shape index (κ2) is 13.0. The summed E-state index contributed by atoms with van der Waals surface area (Å²) >= 11 is 0. The van der Waals surface area contributed by atoms with Crippen molar-refractivity contribution in [1.82, 2.24) is 15.0 Å². The number of benzene rings is 3. The van der Waals surface area contributed by atoms with Crippen molar-refractivity contribution in [1.29, 1.82) is 0 Å². The van der Waals surface area contributed by atoms with Crippen LogP contribution in [-0.2, 0) is 34.6 Å². The lowest BCUT2D eigenvalue weighted by Gasteiger charge is -2.31. The summed E-state index contributed by atoms with van der Waals surface area (Å²) < 4.78 is 24.6. The molecule has 1 aromatic heterocycles. The Bertz CT molecular complexity index is 1850. The number of nitro benzene ring substituents is 1. The number of carbonyl (C=O) groups excluding carboxylic acids is 2. The molecule has 0 saturated carbocycles. The van der Waals surface area contributed by atoms with E-state index < -0.39 is 42.4 Å². The third-order valence-electron chi connectivity index (χ3n) is 9.31. The Balaban J connectivity index is 1.33. The van der Waals surface area contributed by atoms with Gasteiger partial charge >= 0.3 is 0 Å². The molecule has 0 unspecified atom stereocenters. The molecule has 2 aliphatic rings. The summed E-state index contributed by atoms with van der Waals surface area (Å²) in [5, 5.41) is 32.2. The first-order valence-electron chi connectivity index (χ1n) is 15.8. The highest BCUT2D eigenvalue weighted by Gasteiger charge is 2.66. The lowest BCUT2D eigenvalue weighted by Crippen LogP contribution is -2.45. The Kier molecular flexibility index (Phi) is 8.98. The molecule has 2 amide bonds. The monoisotopic (exact) mass is 672 g/mol. The fourth-order valence-corrected chi connectivity index (χ4v) is 9.78. The van der Waals surface area contributed by atoms with Gasteiger partial charge in [0.15, 0.2) is 5.60 Å². The maximum atomic E-state index is 16.2. The SMILES string of the molecule is C[C@H]1[C@H]([Si](C)(C)F)[C@@H](CCn2cc(CCO)nn2)O[C@]12C(=O)N(Cc1cccc(NC(=O)c3ccccc3)c1)c1ccc([N+](=O)[O-])cc12. The molecule has 0 bridgehead atoms. The van der Waals surface area contributed by atoms with E-state index >= 15 is 4.11 Å². The topological polar surface area (TPSA) is 153 Å². The van der Waals surface area contributed by atoms with E-state index in [9.17, 15) is 24.8 Å². The first kappa shape index (κ1) is 33.1. The number of nitro groups is 1. The molecule has 6 rings (SSSR count). The van der Waals surface area contributed by atoms with Gasteiger partial charge in [0, 0.05) is 66.2 Å². The van der Waals surface area contributed by atoms with Gasteiger partial charge in [-0.2, -0.15) is 0 Å². The van der Waals surface area contributed by atoms with E-state index in [0.717, 1.165) is 0 Å². The number of carbonyl (C=O) groups is 2. The van der Waals surface area contributed by atoms with Gasteiger partial charge in [0.2, 0.25) is 8.41 Å². The van der Waals surface area contributed by atoms with Crippen LogP contribution >= 0.6 is 0 Å². The molecule has 14 heteroatoms. The summed E-state index contributed by atoms with van der Waals surface area (Å²) in [5.74, 6) is -1.33.